The molecule has 1 amide bonds. The van der Waals surface area contributed by atoms with Gasteiger partial charge in [0, 0.05) is 33.1 Å². The summed E-state index contributed by atoms with van der Waals surface area (Å²) in [6.07, 6.45) is 11.6. The maximum absolute atomic E-state index is 12.5. The van der Waals surface area contributed by atoms with Crippen LogP contribution in [-0.2, 0) is 14.8 Å². The van der Waals surface area contributed by atoms with Crippen molar-refractivity contribution in [1.29, 1.82) is 0 Å². The molecule has 1 aliphatic carbocycles. The molecule has 2 unspecified atom stereocenters. The number of carbonyl (C=O) groups excluding carboxylic acids is 1. The first-order valence-electron chi connectivity index (χ1n) is 8.22. The highest BCUT2D eigenvalue weighted by atomic mass is 32.2. The first-order chi connectivity index (χ1) is 10.4. The Morgan fingerprint density at radius 2 is 2.09 bits per heavy atom. The molecular weight excluding hydrogens is 300 g/mol. The number of hydrogen-bond donors (Lipinski definition) is 0. The molecule has 5 nitrogen and oxygen atoms in total. The summed E-state index contributed by atoms with van der Waals surface area (Å²) in [5.41, 5.74) is 0. The highest BCUT2D eigenvalue weighted by Crippen LogP contribution is 2.24. The van der Waals surface area contributed by atoms with E-state index in [0.29, 0.717) is 25.4 Å². The molecule has 126 valence electrons. The van der Waals surface area contributed by atoms with E-state index in [1.807, 2.05) is 4.90 Å². The zero-order valence-electron chi connectivity index (χ0n) is 13.7. The molecule has 0 N–H and O–H groups in total. The molecular formula is C16H28N2O3S. The normalized spacial score (nSPS) is 26.4. The molecule has 0 bridgehead atoms. The van der Waals surface area contributed by atoms with Crippen molar-refractivity contribution in [1.82, 2.24) is 9.21 Å². The summed E-state index contributed by atoms with van der Waals surface area (Å²) < 4.78 is 24.4. The molecule has 2 atom stereocenters. The zero-order valence-corrected chi connectivity index (χ0v) is 14.5. The van der Waals surface area contributed by atoms with Crippen molar-refractivity contribution in [2.45, 2.75) is 38.5 Å². The Balaban J connectivity index is 1.85. The van der Waals surface area contributed by atoms with E-state index in [1.165, 1.54) is 17.0 Å². The van der Waals surface area contributed by atoms with Crippen LogP contribution in [0.15, 0.2) is 12.2 Å². The van der Waals surface area contributed by atoms with Gasteiger partial charge >= 0.3 is 0 Å². The van der Waals surface area contributed by atoms with Crippen LogP contribution in [0.1, 0.15) is 38.5 Å². The molecule has 6 heteroatoms. The van der Waals surface area contributed by atoms with Crippen LogP contribution in [0.5, 0.6) is 0 Å². The Morgan fingerprint density at radius 1 is 1.32 bits per heavy atom. The van der Waals surface area contributed by atoms with E-state index in [9.17, 15) is 13.2 Å². The number of piperidine rings is 1. The third-order valence-electron chi connectivity index (χ3n) is 4.74. The van der Waals surface area contributed by atoms with Crippen molar-refractivity contribution in [2.24, 2.45) is 11.8 Å². The van der Waals surface area contributed by atoms with Crippen LogP contribution in [0.4, 0.5) is 0 Å². The summed E-state index contributed by atoms with van der Waals surface area (Å²) in [6.45, 7) is 2.01. The average molecular weight is 328 g/mol. The third kappa shape index (κ3) is 5.09. The number of sulfonamides is 1. The molecule has 0 aromatic rings. The summed E-state index contributed by atoms with van der Waals surface area (Å²) >= 11 is 0. The molecule has 1 fully saturated rings. The minimum absolute atomic E-state index is 0.225. The van der Waals surface area contributed by atoms with Gasteiger partial charge in [-0.1, -0.05) is 12.2 Å². The van der Waals surface area contributed by atoms with E-state index >= 15 is 0 Å². The molecule has 0 aromatic heterocycles. The second-order valence-electron chi connectivity index (χ2n) is 6.71. The molecule has 2 rings (SSSR count). The second-order valence-corrected chi connectivity index (χ2v) is 8.80. The van der Waals surface area contributed by atoms with Gasteiger partial charge in [0.25, 0.3) is 0 Å². The standard InChI is InChI=1S/C16H28N2O3S/c1-17(22(2,20)21)12-15-9-6-10-18(13-15)16(19)11-14-7-4-3-5-8-14/h4,7,14-15H,3,5-6,8-13H2,1-2H3. The van der Waals surface area contributed by atoms with Gasteiger partial charge in [0.2, 0.25) is 15.9 Å². The van der Waals surface area contributed by atoms with E-state index < -0.39 is 10.0 Å². The summed E-state index contributed by atoms with van der Waals surface area (Å²) in [5, 5.41) is 0. The van der Waals surface area contributed by atoms with E-state index in [4.69, 9.17) is 0 Å². The Kier molecular flexibility index (Phi) is 6.03. The maximum Gasteiger partial charge on any atom is 0.223 e. The van der Waals surface area contributed by atoms with Crippen molar-refractivity contribution < 1.29 is 13.2 Å². The van der Waals surface area contributed by atoms with Gasteiger partial charge in [-0.3, -0.25) is 4.79 Å². The molecule has 1 aliphatic heterocycles. The average Bonchev–Trinajstić information content (AvgIpc) is 2.47. The van der Waals surface area contributed by atoms with Gasteiger partial charge in [0.15, 0.2) is 0 Å². The molecule has 0 radical (unpaired) electrons. The van der Waals surface area contributed by atoms with E-state index in [2.05, 4.69) is 12.2 Å². The second kappa shape index (κ2) is 7.59. The summed E-state index contributed by atoms with van der Waals surface area (Å²) in [7, 11) is -1.53. The van der Waals surface area contributed by atoms with Gasteiger partial charge in [-0.25, -0.2) is 12.7 Å². The number of rotatable bonds is 5. The first kappa shape index (κ1) is 17.5. The lowest BCUT2D eigenvalue weighted by molar-refractivity contribution is -0.133. The molecule has 1 heterocycles. The molecule has 0 spiro atoms. The predicted octanol–water partition coefficient (Wildman–Crippen LogP) is 1.86. The number of carbonyl (C=O) groups is 1. The number of allylic oxidation sites excluding steroid dienone is 2. The minimum atomic E-state index is -3.14. The first-order valence-corrected chi connectivity index (χ1v) is 10.1. The lowest BCUT2D eigenvalue weighted by atomic mass is 9.91. The van der Waals surface area contributed by atoms with Crippen molar-refractivity contribution in [3.8, 4) is 0 Å². The smallest absolute Gasteiger partial charge is 0.223 e. The number of likely N-dealkylation sites (tertiary alicyclic amines) is 1. The number of hydrogen-bond acceptors (Lipinski definition) is 3. The Morgan fingerprint density at radius 3 is 2.73 bits per heavy atom. The Hall–Kier alpha value is -0.880. The number of nitrogens with zero attached hydrogens (tertiary/aromatic N) is 2. The minimum Gasteiger partial charge on any atom is -0.342 e. The topological polar surface area (TPSA) is 57.7 Å². The Bertz CT molecular complexity index is 515. The summed E-state index contributed by atoms with van der Waals surface area (Å²) in [6, 6.07) is 0. The largest absolute Gasteiger partial charge is 0.342 e. The van der Waals surface area contributed by atoms with Crippen LogP contribution >= 0.6 is 0 Å². The fourth-order valence-electron chi connectivity index (χ4n) is 3.35. The van der Waals surface area contributed by atoms with E-state index in [0.717, 1.165) is 32.2 Å². The maximum atomic E-state index is 12.5. The van der Waals surface area contributed by atoms with Crippen LogP contribution in [0.25, 0.3) is 0 Å². The fraction of sp³-hybridized carbons (Fsp3) is 0.812. The SMILES string of the molecule is CN(CC1CCCN(C(=O)CC2C=CCCC2)C1)S(C)(=O)=O. The van der Waals surface area contributed by atoms with Gasteiger partial charge in [-0.2, -0.15) is 0 Å². The predicted molar refractivity (Wildman–Crippen MR) is 87.9 cm³/mol. The molecule has 1 saturated heterocycles. The van der Waals surface area contributed by atoms with Crippen LogP contribution in [-0.4, -0.2) is 56.5 Å². The van der Waals surface area contributed by atoms with Crippen LogP contribution in [0.3, 0.4) is 0 Å². The highest BCUT2D eigenvalue weighted by molar-refractivity contribution is 7.88. The van der Waals surface area contributed by atoms with Crippen molar-refractivity contribution in [2.75, 3.05) is 32.9 Å². The van der Waals surface area contributed by atoms with Crippen molar-refractivity contribution in [3.05, 3.63) is 12.2 Å². The van der Waals surface area contributed by atoms with Gasteiger partial charge in [0.05, 0.1) is 6.26 Å². The molecule has 2 aliphatic rings. The zero-order chi connectivity index (χ0) is 16.2. The number of amides is 1. The van der Waals surface area contributed by atoms with Crippen LogP contribution in [0.2, 0.25) is 0 Å². The Labute approximate surface area is 134 Å². The van der Waals surface area contributed by atoms with E-state index in [-0.39, 0.29) is 11.8 Å². The van der Waals surface area contributed by atoms with Crippen LogP contribution < -0.4 is 0 Å². The van der Waals surface area contributed by atoms with E-state index in [1.54, 1.807) is 7.05 Å². The van der Waals surface area contributed by atoms with Crippen LogP contribution in [0, 0.1) is 11.8 Å². The monoisotopic (exact) mass is 328 g/mol. The fourth-order valence-corrected chi connectivity index (χ4v) is 3.83. The summed E-state index contributed by atoms with van der Waals surface area (Å²) in [4.78, 5) is 14.4. The molecule has 22 heavy (non-hydrogen) atoms. The quantitative estimate of drug-likeness (QED) is 0.724. The molecule has 0 saturated carbocycles. The van der Waals surface area contributed by atoms with Crippen molar-refractivity contribution >= 4 is 15.9 Å². The highest BCUT2D eigenvalue weighted by Gasteiger charge is 2.27. The lowest BCUT2D eigenvalue weighted by Crippen LogP contribution is -2.44. The van der Waals surface area contributed by atoms with Gasteiger partial charge in [-0.15, -0.1) is 0 Å². The molecule has 0 aromatic carbocycles. The van der Waals surface area contributed by atoms with Gasteiger partial charge in [-0.05, 0) is 43.9 Å². The third-order valence-corrected chi connectivity index (χ3v) is 6.03. The lowest BCUT2D eigenvalue weighted by Gasteiger charge is -2.35. The summed E-state index contributed by atoms with van der Waals surface area (Å²) in [5.74, 6) is 0.864. The van der Waals surface area contributed by atoms with Crippen molar-refractivity contribution in [3.63, 3.8) is 0 Å². The van der Waals surface area contributed by atoms with Gasteiger partial charge in [0.1, 0.15) is 0 Å². The van der Waals surface area contributed by atoms with Gasteiger partial charge < -0.3 is 4.90 Å².